The Morgan fingerprint density at radius 3 is 2.05 bits per heavy atom. The molecule has 0 amide bonds. The fourth-order valence-electron chi connectivity index (χ4n) is 2.49. The SMILES string of the molecule is COc1ccc(S(=O)(=O)NC(C2CC2)C2CC2)cc1. The van der Waals surface area contributed by atoms with Crippen LogP contribution in [0.5, 0.6) is 5.75 Å². The van der Waals surface area contributed by atoms with Gasteiger partial charge in [0.2, 0.25) is 10.0 Å². The van der Waals surface area contributed by atoms with Crippen molar-refractivity contribution in [2.45, 2.75) is 36.6 Å². The molecule has 0 aromatic heterocycles. The Bertz CT molecular complexity index is 533. The van der Waals surface area contributed by atoms with E-state index in [1.54, 1.807) is 31.4 Å². The summed E-state index contributed by atoms with van der Waals surface area (Å²) in [5.74, 6) is 1.78. The third-order valence-corrected chi connectivity index (χ3v) is 5.40. The number of hydrogen-bond acceptors (Lipinski definition) is 3. The average Bonchev–Trinajstić information content (AvgIpc) is 3.29. The smallest absolute Gasteiger partial charge is 0.240 e. The van der Waals surface area contributed by atoms with Gasteiger partial charge in [-0.15, -0.1) is 0 Å². The molecule has 2 aliphatic rings. The van der Waals surface area contributed by atoms with Crippen molar-refractivity contribution in [2.24, 2.45) is 11.8 Å². The summed E-state index contributed by atoms with van der Waals surface area (Å²) in [7, 11) is -1.83. The number of sulfonamides is 1. The van der Waals surface area contributed by atoms with Crippen LogP contribution < -0.4 is 9.46 Å². The highest BCUT2D eigenvalue weighted by Crippen LogP contribution is 2.45. The lowest BCUT2D eigenvalue weighted by molar-refractivity contribution is 0.414. The molecule has 0 aliphatic heterocycles. The Balaban J connectivity index is 1.76. The molecule has 0 unspecified atom stereocenters. The molecule has 0 spiro atoms. The van der Waals surface area contributed by atoms with Crippen LogP contribution in [0, 0.1) is 11.8 Å². The zero-order chi connectivity index (χ0) is 13.5. The second-order valence-corrected chi connectivity index (χ2v) is 7.21. The van der Waals surface area contributed by atoms with Crippen LogP contribution in [0.1, 0.15) is 25.7 Å². The molecule has 5 heteroatoms. The Kier molecular flexibility index (Phi) is 3.27. The number of ether oxygens (including phenoxy) is 1. The van der Waals surface area contributed by atoms with Crippen molar-refractivity contribution < 1.29 is 13.2 Å². The van der Waals surface area contributed by atoms with Gasteiger partial charge in [-0.05, 0) is 61.8 Å². The highest BCUT2D eigenvalue weighted by Gasteiger charge is 2.43. The molecule has 1 aromatic carbocycles. The normalized spacial score (nSPS) is 19.7. The minimum Gasteiger partial charge on any atom is -0.497 e. The Hall–Kier alpha value is -1.07. The molecular weight excluding hydrogens is 262 g/mol. The van der Waals surface area contributed by atoms with E-state index in [0.29, 0.717) is 22.5 Å². The number of hydrogen-bond donors (Lipinski definition) is 1. The van der Waals surface area contributed by atoms with Crippen molar-refractivity contribution in [1.29, 1.82) is 0 Å². The van der Waals surface area contributed by atoms with Crippen molar-refractivity contribution >= 4 is 10.0 Å². The van der Waals surface area contributed by atoms with Crippen LogP contribution in [-0.2, 0) is 10.0 Å². The topological polar surface area (TPSA) is 55.4 Å². The second kappa shape index (κ2) is 4.80. The van der Waals surface area contributed by atoms with E-state index in [4.69, 9.17) is 4.74 Å². The Labute approximate surface area is 114 Å². The second-order valence-electron chi connectivity index (χ2n) is 5.50. The number of methoxy groups -OCH3 is 1. The molecule has 0 heterocycles. The predicted molar refractivity (Wildman–Crippen MR) is 72.6 cm³/mol. The molecule has 3 rings (SSSR count). The number of rotatable bonds is 6. The van der Waals surface area contributed by atoms with Crippen LogP contribution >= 0.6 is 0 Å². The quantitative estimate of drug-likeness (QED) is 0.869. The third kappa shape index (κ3) is 2.92. The van der Waals surface area contributed by atoms with E-state index >= 15 is 0 Å². The summed E-state index contributed by atoms with van der Waals surface area (Å²) in [6.45, 7) is 0. The summed E-state index contributed by atoms with van der Waals surface area (Å²) < 4.78 is 32.7. The molecule has 0 saturated heterocycles. The molecule has 0 bridgehead atoms. The van der Waals surface area contributed by atoms with Crippen molar-refractivity contribution in [3.8, 4) is 5.75 Å². The molecule has 1 N–H and O–H groups in total. The predicted octanol–water partition coefficient (Wildman–Crippen LogP) is 2.16. The van der Waals surface area contributed by atoms with Crippen LogP contribution in [-0.4, -0.2) is 21.6 Å². The van der Waals surface area contributed by atoms with E-state index in [0.717, 1.165) is 25.7 Å². The van der Waals surface area contributed by atoms with Gasteiger partial charge in [0.15, 0.2) is 0 Å². The highest BCUT2D eigenvalue weighted by atomic mass is 32.2. The van der Waals surface area contributed by atoms with Crippen LogP contribution in [0.3, 0.4) is 0 Å². The number of benzene rings is 1. The van der Waals surface area contributed by atoms with Gasteiger partial charge in [0.25, 0.3) is 0 Å². The lowest BCUT2D eigenvalue weighted by Gasteiger charge is -2.17. The molecule has 2 fully saturated rings. The van der Waals surface area contributed by atoms with Gasteiger partial charge in [0.1, 0.15) is 5.75 Å². The molecular formula is C14H19NO3S. The van der Waals surface area contributed by atoms with E-state index in [1.165, 1.54) is 0 Å². The fraction of sp³-hybridized carbons (Fsp3) is 0.571. The monoisotopic (exact) mass is 281 g/mol. The summed E-state index contributed by atoms with van der Waals surface area (Å²) >= 11 is 0. The van der Waals surface area contributed by atoms with Gasteiger partial charge >= 0.3 is 0 Å². The fourth-order valence-corrected chi connectivity index (χ4v) is 3.86. The summed E-state index contributed by atoms with van der Waals surface area (Å²) in [6.07, 6.45) is 4.64. The summed E-state index contributed by atoms with van der Waals surface area (Å²) in [6, 6.07) is 6.69. The summed E-state index contributed by atoms with van der Waals surface area (Å²) in [4.78, 5) is 0.319. The maximum atomic E-state index is 12.4. The van der Waals surface area contributed by atoms with Crippen molar-refractivity contribution in [1.82, 2.24) is 4.72 Å². The summed E-state index contributed by atoms with van der Waals surface area (Å²) in [5, 5.41) is 0. The maximum Gasteiger partial charge on any atom is 0.240 e. The van der Waals surface area contributed by atoms with Crippen LogP contribution in [0.25, 0.3) is 0 Å². The molecule has 0 atom stereocenters. The minimum atomic E-state index is -3.40. The first-order chi connectivity index (χ1) is 9.10. The van der Waals surface area contributed by atoms with Gasteiger partial charge in [-0.25, -0.2) is 13.1 Å². The van der Waals surface area contributed by atoms with E-state index in [1.807, 2.05) is 0 Å². The third-order valence-electron chi connectivity index (χ3n) is 3.92. The molecule has 19 heavy (non-hydrogen) atoms. The first kappa shape index (κ1) is 12.9. The van der Waals surface area contributed by atoms with Crippen molar-refractivity contribution in [3.63, 3.8) is 0 Å². The van der Waals surface area contributed by atoms with Gasteiger partial charge in [-0.3, -0.25) is 0 Å². The van der Waals surface area contributed by atoms with Crippen LogP contribution in [0.15, 0.2) is 29.2 Å². The van der Waals surface area contributed by atoms with E-state index in [-0.39, 0.29) is 6.04 Å². The van der Waals surface area contributed by atoms with Crippen molar-refractivity contribution in [3.05, 3.63) is 24.3 Å². The molecule has 0 radical (unpaired) electrons. The van der Waals surface area contributed by atoms with E-state index in [2.05, 4.69) is 4.72 Å². The van der Waals surface area contributed by atoms with Gasteiger partial charge in [0.05, 0.1) is 12.0 Å². The lowest BCUT2D eigenvalue weighted by atomic mass is 10.1. The Morgan fingerprint density at radius 1 is 1.11 bits per heavy atom. The standard InChI is InChI=1S/C14H19NO3S/c1-18-12-6-8-13(9-7-12)19(16,17)15-14(10-2-3-10)11-4-5-11/h6-11,14-15H,2-5H2,1H3. The first-order valence-corrected chi connectivity index (χ1v) is 8.25. The summed E-state index contributed by atoms with van der Waals surface area (Å²) in [5.41, 5.74) is 0. The molecule has 4 nitrogen and oxygen atoms in total. The maximum absolute atomic E-state index is 12.4. The van der Waals surface area contributed by atoms with Gasteiger partial charge < -0.3 is 4.74 Å². The zero-order valence-electron chi connectivity index (χ0n) is 11.0. The first-order valence-electron chi connectivity index (χ1n) is 6.76. The zero-order valence-corrected chi connectivity index (χ0v) is 11.8. The minimum absolute atomic E-state index is 0.145. The van der Waals surface area contributed by atoms with Gasteiger partial charge in [-0.2, -0.15) is 0 Å². The molecule has 2 saturated carbocycles. The highest BCUT2D eigenvalue weighted by molar-refractivity contribution is 7.89. The lowest BCUT2D eigenvalue weighted by Crippen LogP contribution is -2.38. The largest absolute Gasteiger partial charge is 0.497 e. The van der Waals surface area contributed by atoms with Gasteiger partial charge in [-0.1, -0.05) is 0 Å². The van der Waals surface area contributed by atoms with Gasteiger partial charge in [0, 0.05) is 6.04 Å². The molecule has 2 aliphatic carbocycles. The Morgan fingerprint density at radius 2 is 1.63 bits per heavy atom. The van der Waals surface area contributed by atoms with Crippen molar-refractivity contribution in [2.75, 3.05) is 7.11 Å². The van der Waals surface area contributed by atoms with Crippen LogP contribution in [0.4, 0.5) is 0 Å². The van der Waals surface area contributed by atoms with E-state index < -0.39 is 10.0 Å². The van der Waals surface area contributed by atoms with Crippen LogP contribution in [0.2, 0.25) is 0 Å². The molecule has 104 valence electrons. The number of nitrogens with one attached hydrogen (secondary N) is 1. The van der Waals surface area contributed by atoms with E-state index in [9.17, 15) is 8.42 Å². The molecule has 1 aromatic rings. The average molecular weight is 281 g/mol.